The topological polar surface area (TPSA) is 72.3 Å². The number of benzene rings is 3. The van der Waals surface area contributed by atoms with Crippen molar-refractivity contribution in [2.45, 2.75) is 19.8 Å². The molecule has 6 nitrogen and oxygen atoms in total. The lowest BCUT2D eigenvalue weighted by atomic mass is 9.94. The molecule has 154 valence electrons. The van der Waals surface area contributed by atoms with Gasteiger partial charge in [0.1, 0.15) is 5.71 Å². The Kier molecular flexibility index (Phi) is 4.96. The fraction of sp³-hybridized carbons (Fsp3) is 0.160. The van der Waals surface area contributed by atoms with Crippen molar-refractivity contribution in [1.29, 1.82) is 0 Å². The number of carbonyl (C=O) groups excluding carboxylic acids is 1. The Bertz CT molecular complexity index is 1200. The van der Waals surface area contributed by atoms with Gasteiger partial charge in [0.15, 0.2) is 11.5 Å². The van der Waals surface area contributed by atoms with E-state index >= 15 is 0 Å². The van der Waals surface area contributed by atoms with E-state index in [-0.39, 0.29) is 12.7 Å². The van der Waals surface area contributed by atoms with Crippen LogP contribution in [0.25, 0.3) is 0 Å². The van der Waals surface area contributed by atoms with Gasteiger partial charge in [-0.05, 0) is 42.3 Å². The van der Waals surface area contributed by atoms with Crippen LogP contribution in [-0.4, -0.2) is 24.1 Å². The van der Waals surface area contributed by atoms with Crippen molar-refractivity contribution in [2.75, 3.05) is 12.1 Å². The van der Waals surface area contributed by atoms with Gasteiger partial charge in [-0.2, -0.15) is 5.10 Å². The first-order valence-corrected chi connectivity index (χ1v) is 10.1. The van der Waals surface area contributed by atoms with Gasteiger partial charge in [-0.3, -0.25) is 4.79 Å². The molecule has 0 aliphatic carbocycles. The minimum atomic E-state index is -0.0518. The lowest BCUT2D eigenvalue weighted by Gasteiger charge is -2.12. The van der Waals surface area contributed by atoms with Crippen LogP contribution in [0.3, 0.4) is 0 Å². The maximum Gasteiger partial charge on any atom is 0.231 e. The van der Waals surface area contributed by atoms with Crippen LogP contribution in [0.15, 0.2) is 76.9 Å². The molecule has 0 saturated carbocycles. The second-order valence-corrected chi connectivity index (χ2v) is 7.61. The highest BCUT2D eigenvalue weighted by atomic mass is 16.7. The summed E-state index contributed by atoms with van der Waals surface area (Å²) in [6, 6.07) is 21.3. The summed E-state index contributed by atoms with van der Waals surface area (Å²) < 4.78 is 11.1. The molecule has 3 aromatic rings. The SMILES string of the molecule is CC1=NN=C(c2ccc(NC(=O)Cc3ccccc3)cc2)c2cc3c(cc2C1)OCO3. The molecule has 0 unspecified atom stereocenters. The van der Waals surface area contributed by atoms with Crippen LogP contribution >= 0.6 is 0 Å². The highest BCUT2D eigenvalue weighted by Gasteiger charge is 2.22. The maximum atomic E-state index is 12.3. The van der Waals surface area contributed by atoms with E-state index in [0.29, 0.717) is 12.8 Å². The first-order chi connectivity index (χ1) is 15.2. The smallest absolute Gasteiger partial charge is 0.231 e. The van der Waals surface area contributed by atoms with Crippen LogP contribution in [0.5, 0.6) is 11.5 Å². The number of anilines is 1. The van der Waals surface area contributed by atoms with Crippen molar-refractivity contribution in [3.63, 3.8) is 0 Å². The molecule has 5 rings (SSSR count). The Labute approximate surface area is 180 Å². The van der Waals surface area contributed by atoms with Gasteiger partial charge >= 0.3 is 0 Å². The fourth-order valence-corrected chi connectivity index (χ4v) is 3.76. The van der Waals surface area contributed by atoms with Gasteiger partial charge in [0, 0.05) is 28.9 Å². The number of hydrogen-bond acceptors (Lipinski definition) is 5. The molecular weight excluding hydrogens is 390 g/mol. The summed E-state index contributed by atoms with van der Waals surface area (Å²) in [6.45, 7) is 2.20. The van der Waals surface area contributed by atoms with Gasteiger partial charge < -0.3 is 14.8 Å². The molecule has 0 saturated heterocycles. The van der Waals surface area contributed by atoms with Gasteiger partial charge in [0.2, 0.25) is 12.7 Å². The summed E-state index contributed by atoms with van der Waals surface area (Å²) in [6.07, 6.45) is 1.04. The third kappa shape index (κ3) is 4.05. The molecule has 0 spiro atoms. The normalized spacial score (nSPS) is 14.2. The third-order valence-corrected chi connectivity index (χ3v) is 5.27. The van der Waals surface area contributed by atoms with E-state index in [0.717, 1.165) is 50.9 Å². The van der Waals surface area contributed by atoms with Crippen LogP contribution in [0.4, 0.5) is 5.69 Å². The summed E-state index contributed by atoms with van der Waals surface area (Å²) in [5.41, 5.74) is 6.41. The second-order valence-electron chi connectivity index (χ2n) is 7.61. The van der Waals surface area contributed by atoms with Crippen LogP contribution in [0.1, 0.15) is 29.2 Å². The van der Waals surface area contributed by atoms with Crippen molar-refractivity contribution in [3.8, 4) is 11.5 Å². The molecule has 2 aliphatic heterocycles. The molecular formula is C25H21N3O3. The number of nitrogens with one attached hydrogen (secondary N) is 1. The molecule has 1 amide bonds. The van der Waals surface area contributed by atoms with Crippen molar-refractivity contribution in [1.82, 2.24) is 0 Å². The van der Waals surface area contributed by atoms with E-state index in [1.165, 1.54) is 0 Å². The Morgan fingerprint density at radius 3 is 2.48 bits per heavy atom. The molecule has 6 heteroatoms. The molecule has 0 bridgehead atoms. The van der Waals surface area contributed by atoms with E-state index < -0.39 is 0 Å². The molecule has 0 radical (unpaired) electrons. The van der Waals surface area contributed by atoms with Crippen LogP contribution in [0, 0.1) is 0 Å². The summed E-state index contributed by atoms with van der Waals surface area (Å²) >= 11 is 0. The van der Waals surface area contributed by atoms with Crippen molar-refractivity contribution in [3.05, 3.63) is 89.0 Å². The maximum absolute atomic E-state index is 12.3. The van der Waals surface area contributed by atoms with E-state index in [2.05, 4.69) is 15.5 Å². The minimum absolute atomic E-state index is 0.0518. The van der Waals surface area contributed by atoms with E-state index in [9.17, 15) is 4.79 Å². The quantitative estimate of drug-likeness (QED) is 0.693. The minimum Gasteiger partial charge on any atom is -0.454 e. The number of rotatable bonds is 4. The number of fused-ring (bicyclic) bond motifs is 2. The monoisotopic (exact) mass is 411 g/mol. The zero-order valence-electron chi connectivity index (χ0n) is 17.1. The van der Waals surface area contributed by atoms with Crippen molar-refractivity contribution < 1.29 is 14.3 Å². The van der Waals surface area contributed by atoms with E-state index in [1.807, 2.05) is 73.7 Å². The highest BCUT2D eigenvalue weighted by Crippen LogP contribution is 2.36. The van der Waals surface area contributed by atoms with Crippen LogP contribution in [0.2, 0.25) is 0 Å². The average molecular weight is 411 g/mol. The fourth-order valence-electron chi connectivity index (χ4n) is 3.76. The summed E-state index contributed by atoms with van der Waals surface area (Å²) in [5, 5.41) is 11.8. The molecule has 0 atom stereocenters. The van der Waals surface area contributed by atoms with Crippen LogP contribution < -0.4 is 14.8 Å². The first kappa shape index (κ1) is 19.1. The molecule has 3 aromatic carbocycles. The lowest BCUT2D eigenvalue weighted by molar-refractivity contribution is -0.115. The number of carbonyl (C=O) groups is 1. The molecule has 31 heavy (non-hydrogen) atoms. The van der Waals surface area contributed by atoms with E-state index in [4.69, 9.17) is 9.47 Å². The van der Waals surface area contributed by atoms with Gasteiger partial charge in [0.05, 0.1) is 6.42 Å². The Morgan fingerprint density at radius 2 is 1.71 bits per heavy atom. The third-order valence-electron chi connectivity index (χ3n) is 5.27. The number of ether oxygens (including phenoxy) is 2. The van der Waals surface area contributed by atoms with Gasteiger partial charge in [0.25, 0.3) is 0 Å². The number of hydrogen-bond donors (Lipinski definition) is 1. The van der Waals surface area contributed by atoms with Crippen molar-refractivity contribution >= 4 is 23.0 Å². The largest absolute Gasteiger partial charge is 0.454 e. The average Bonchev–Trinajstić information content (AvgIpc) is 3.16. The first-order valence-electron chi connectivity index (χ1n) is 10.1. The van der Waals surface area contributed by atoms with Gasteiger partial charge in [-0.15, -0.1) is 5.10 Å². The van der Waals surface area contributed by atoms with Gasteiger partial charge in [-0.1, -0.05) is 42.5 Å². The predicted octanol–water partition coefficient (Wildman–Crippen LogP) is 4.37. The summed E-state index contributed by atoms with van der Waals surface area (Å²) in [4.78, 5) is 12.3. The standard InChI is InChI=1S/C25H21N3O3/c1-16-11-19-13-22-23(31-15-30-22)14-21(19)25(28-27-16)18-7-9-20(10-8-18)26-24(29)12-17-5-3-2-4-6-17/h2-10,13-14H,11-12,15H2,1H3,(H,26,29). The number of amides is 1. The number of nitrogens with zero attached hydrogens (tertiary/aromatic N) is 2. The molecule has 0 aromatic heterocycles. The van der Waals surface area contributed by atoms with Crippen LogP contribution in [-0.2, 0) is 17.6 Å². The Morgan fingerprint density at radius 1 is 0.968 bits per heavy atom. The zero-order chi connectivity index (χ0) is 21.2. The molecule has 1 N–H and O–H groups in total. The molecule has 2 heterocycles. The summed E-state index contributed by atoms with van der Waals surface area (Å²) in [5.74, 6) is 1.42. The molecule has 0 fully saturated rings. The zero-order valence-corrected chi connectivity index (χ0v) is 17.1. The van der Waals surface area contributed by atoms with E-state index in [1.54, 1.807) is 0 Å². The predicted molar refractivity (Wildman–Crippen MR) is 120 cm³/mol. The summed E-state index contributed by atoms with van der Waals surface area (Å²) in [7, 11) is 0. The van der Waals surface area contributed by atoms with Gasteiger partial charge in [-0.25, -0.2) is 0 Å². The Balaban J connectivity index is 1.39. The Hall–Kier alpha value is -3.93. The highest BCUT2D eigenvalue weighted by molar-refractivity contribution is 6.15. The second kappa shape index (κ2) is 8.07. The molecule has 2 aliphatic rings. The van der Waals surface area contributed by atoms with Crippen molar-refractivity contribution in [2.24, 2.45) is 10.2 Å². The lowest BCUT2D eigenvalue weighted by Crippen LogP contribution is -2.14.